The number of aliphatic carboxylic acids is 1. The van der Waals surface area contributed by atoms with E-state index < -0.39 is 17.9 Å². The molecule has 1 aromatic carbocycles. The second-order valence-electron chi connectivity index (χ2n) is 3.35. The number of carboxylic acids is 1. The molecular formula is C11H12BrNO4. The molecule has 0 aliphatic heterocycles. The third-order valence-corrected chi connectivity index (χ3v) is 2.60. The van der Waals surface area contributed by atoms with Crippen LogP contribution in [0.5, 0.6) is 5.75 Å². The number of carboxylic acid groups (broad SMARTS) is 1. The zero-order valence-corrected chi connectivity index (χ0v) is 10.7. The number of benzene rings is 1. The molecule has 5 nitrogen and oxygen atoms in total. The van der Waals surface area contributed by atoms with Gasteiger partial charge < -0.3 is 15.2 Å². The average Bonchev–Trinajstić information content (AvgIpc) is 2.27. The summed E-state index contributed by atoms with van der Waals surface area (Å²) in [5.41, 5.74) is 0. The molecule has 0 spiro atoms. The van der Waals surface area contributed by atoms with Crippen LogP contribution in [0.15, 0.2) is 28.7 Å². The molecule has 0 aromatic heterocycles. The molecule has 92 valence electrons. The summed E-state index contributed by atoms with van der Waals surface area (Å²) in [6.07, 6.45) is 0. The Hall–Kier alpha value is -1.56. The normalized spacial score (nSPS) is 11.6. The van der Waals surface area contributed by atoms with Crippen molar-refractivity contribution in [3.8, 4) is 5.75 Å². The zero-order chi connectivity index (χ0) is 12.8. The standard InChI is InChI=1S/C11H12BrNO4/c1-7(11(15)16)13-10(14)6-17-9-5-3-2-4-8(9)12/h2-5,7H,6H2,1H3,(H,13,14)(H,15,16)/t7-/m0/s1. The van der Waals surface area contributed by atoms with Crippen LogP contribution in [0.4, 0.5) is 0 Å². The first-order chi connectivity index (χ1) is 8.00. The third kappa shape index (κ3) is 4.44. The van der Waals surface area contributed by atoms with Crippen molar-refractivity contribution in [3.63, 3.8) is 0 Å². The Labute approximate surface area is 107 Å². The van der Waals surface area contributed by atoms with E-state index in [1.807, 2.05) is 6.07 Å². The minimum Gasteiger partial charge on any atom is -0.483 e. The Bertz CT molecular complexity index is 422. The molecule has 1 atom stereocenters. The van der Waals surface area contributed by atoms with Crippen molar-refractivity contribution in [2.24, 2.45) is 0 Å². The molecular weight excluding hydrogens is 290 g/mol. The maximum Gasteiger partial charge on any atom is 0.325 e. The van der Waals surface area contributed by atoms with E-state index in [9.17, 15) is 9.59 Å². The summed E-state index contributed by atoms with van der Waals surface area (Å²) in [5.74, 6) is -1.03. The fraction of sp³-hybridized carbons (Fsp3) is 0.273. The van der Waals surface area contributed by atoms with Crippen LogP contribution in [0.1, 0.15) is 6.92 Å². The summed E-state index contributed by atoms with van der Waals surface area (Å²) in [6.45, 7) is 1.17. The lowest BCUT2D eigenvalue weighted by molar-refractivity contribution is -0.141. The Morgan fingerprint density at radius 3 is 2.71 bits per heavy atom. The number of amides is 1. The van der Waals surface area contributed by atoms with Gasteiger partial charge in [0.15, 0.2) is 6.61 Å². The predicted octanol–water partition coefficient (Wildman–Crippen LogP) is 1.42. The number of hydrogen-bond acceptors (Lipinski definition) is 3. The number of ether oxygens (including phenoxy) is 1. The average molecular weight is 302 g/mol. The number of carbonyl (C=O) groups is 2. The molecule has 0 saturated carbocycles. The molecule has 0 aliphatic rings. The number of carbonyl (C=O) groups excluding carboxylic acids is 1. The van der Waals surface area contributed by atoms with Crippen molar-refractivity contribution in [1.29, 1.82) is 0 Å². The lowest BCUT2D eigenvalue weighted by Crippen LogP contribution is -2.40. The molecule has 0 radical (unpaired) electrons. The highest BCUT2D eigenvalue weighted by atomic mass is 79.9. The van der Waals surface area contributed by atoms with Crippen LogP contribution >= 0.6 is 15.9 Å². The molecule has 0 bridgehead atoms. The van der Waals surface area contributed by atoms with Crippen LogP contribution in [-0.4, -0.2) is 29.6 Å². The lowest BCUT2D eigenvalue weighted by atomic mass is 10.3. The molecule has 1 rings (SSSR count). The van der Waals surface area contributed by atoms with Crippen LogP contribution in [0.25, 0.3) is 0 Å². The van der Waals surface area contributed by atoms with Gasteiger partial charge in [-0.15, -0.1) is 0 Å². The van der Waals surface area contributed by atoms with Gasteiger partial charge in [0.25, 0.3) is 5.91 Å². The van der Waals surface area contributed by atoms with Crippen molar-refractivity contribution in [1.82, 2.24) is 5.32 Å². The van der Waals surface area contributed by atoms with Gasteiger partial charge >= 0.3 is 5.97 Å². The monoisotopic (exact) mass is 301 g/mol. The van der Waals surface area contributed by atoms with E-state index in [1.165, 1.54) is 6.92 Å². The molecule has 0 heterocycles. The molecule has 0 unspecified atom stereocenters. The summed E-state index contributed by atoms with van der Waals surface area (Å²) in [5, 5.41) is 10.9. The van der Waals surface area contributed by atoms with Crippen LogP contribution in [0.3, 0.4) is 0 Å². The van der Waals surface area contributed by atoms with Gasteiger partial charge in [-0.2, -0.15) is 0 Å². The van der Waals surface area contributed by atoms with E-state index in [4.69, 9.17) is 9.84 Å². The van der Waals surface area contributed by atoms with Crippen molar-refractivity contribution in [3.05, 3.63) is 28.7 Å². The first-order valence-corrected chi connectivity index (χ1v) is 5.69. The maximum absolute atomic E-state index is 11.3. The van der Waals surface area contributed by atoms with Gasteiger partial charge in [-0.1, -0.05) is 12.1 Å². The van der Waals surface area contributed by atoms with E-state index in [1.54, 1.807) is 18.2 Å². The van der Waals surface area contributed by atoms with Gasteiger partial charge in [0.1, 0.15) is 11.8 Å². The minimum atomic E-state index is -1.08. The van der Waals surface area contributed by atoms with E-state index in [0.717, 1.165) is 4.47 Å². The summed E-state index contributed by atoms with van der Waals surface area (Å²) in [7, 11) is 0. The second-order valence-corrected chi connectivity index (χ2v) is 4.20. The Morgan fingerprint density at radius 2 is 2.12 bits per heavy atom. The quantitative estimate of drug-likeness (QED) is 0.862. The Morgan fingerprint density at radius 1 is 1.47 bits per heavy atom. The topological polar surface area (TPSA) is 75.6 Å². The maximum atomic E-state index is 11.3. The minimum absolute atomic E-state index is 0.222. The fourth-order valence-electron chi connectivity index (χ4n) is 1.05. The summed E-state index contributed by atoms with van der Waals surface area (Å²) >= 11 is 3.27. The highest BCUT2D eigenvalue weighted by molar-refractivity contribution is 9.10. The molecule has 0 saturated heterocycles. The number of rotatable bonds is 5. The second kappa shape index (κ2) is 6.24. The number of para-hydroxylation sites is 1. The summed E-state index contributed by atoms with van der Waals surface area (Å²) in [6, 6.07) is 6.16. The summed E-state index contributed by atoms with van der Waals surface area (Å²) in [4.78, 5) is 21.8. The van der Waals surface area contributed by atoms with E-state index in [2.05, 4.69) is 21.2 Å². The Kier molecular flexibility index (Phi) is 4.96. The predicted molar refractivity (Wildman–Crippen MR) is 64.9 cm³/mol. The van der Waals surface area contributed by atoms with Crippen molar-refractivity contribution < 1.29 is 19.4 Å². The molecule has 1 aromatic rings. The van der Waals surface area contributed by atoms with E-state index in [0.29, 0.717) is 5.75 Å². The van der Waals surface area contributed by atoms with Crippen molar-refractivity contribution in [2.45, 2.75) is 13.0 Å². The van der Waals surface area contributed by atoms with Crippen LogP contribution in [0, 0.1) is 0 Å². The largest absolute Gasteiger partial charge is 0.483 e. The molecule has 1 amide bonds. The van der Waals surface area contributed by atoms with Crippen molar-refractivity contribution >= 4 is 27.8 Å². The molecule has 0 fully saturated rings. The first kappa shape index (κ1) is 13.5. The molecule has 17 heavy (non-hydrogen) atoms. The van der Waals surface area contributed by atoms with E-state index in [-0.39, 0.29) is 6.61 Å². The zero-order valence-electron chi connectivity index (χ0n) is 9.14. The number of hydrogen-bond donors (Lipinski definition) is 2. The van der Waals surface area contributed by atoms with Crippen LogP contribution in [-0.2, 0) is 9.59 Å². The highest BCUT2D eigenvalue weighted by Gasteiger charge is 2.14. The Balaban J connectivity index is 2.44. The van der Waals surface area contributed by atoms with Gasteiger partial charge in [-0.25, -0.2) is 0 Å². The smallest absolute Gasteiger partial charge is 0.325 e. The van der Waals surface area contributed by atoms with Gasteiger partial charge in [0, 0.05) is 0 Å². The molecule has 2 N–H and O–H groups in total. The van der Waals surface area contributed by atoms with E-state index >= 15 is 0 Å². The van der Waals surface area contributed by atoms with Gasteiger partial charge in [0.2, 0.25) is 0 Å². The SMILES string of the molecule is C[C@H](NC(=O)COc1ccccc1Br)C(=O)O. The lowest BCUT2D eigenvalue weighted by Gasteiger charge is -2.10. The fourth-order valence-corrected chi connectivity index (χ4v) is 1.45. The van der Waals surface area contributed by atoms with Crippen LogP contribution < -0.4 is 10.1 Å². The number of nitrogens with one attached hydrogen (secondary N) is 1. The van der Waals surface area contributed by atoms with Gasteiger partial charge in [-0.3, -0.25) is 9.59 Å². The van der Waals surface area contributed by atoms with Gasteiger partial charge in [0.05, 0.1) is 4.47 Å². The summed E-state index contributed by atoms with van der Waals surface area (Å²) < 4.78 is 5.96. The van der Waals surface area contributed by atoms with Crippen LogP contribution in [0.2, 0.25) is 0 Å². The molecule has 6 heteroatoms. The van der Waals surface area contributed by atoms with Gasteiger partial charge in [-0.05, 0) is 35.0 Å². The molecule has 0 aliphatic carbocycles. The number of halogens is 1. The highest BCUT2D eigenvalue weighted by Crippen LogP contribution is 2.23. The first-order valence-electron chi connectivity index (χ1n) is 4.90. The van der Waals surface area contributed by atoms with Crippen molar-refractivity contribution in [2.75, 3.05) is 6.61 Å². The third-order valence-electron chi connectivity index (χ3n) is 1.94.